The summed E-state index contributed by atoms with van der Waals surface area (Å²) < 4.78 is 62.1. The van der Waals surface area contributed by atoms with Crippen molar-refractivity contribution in [1.29, 1.82) is 0 Å². The van der Waals surface area contributed by atoms with Gasteiger partial charge in [-0.3, -0.25) is 0 Å². The Morgan fingerprint density at radius 1 is 1.40 bits per heavy atom. The van der Waals surface area contributed by atoms with E-state index in [1.165, 1.54) is 13.1 Å². The van der Waals surface area contributed by atoms with Gasteiger partial charge in [0.1, 0.15) is 10.7 Å². The minimum Gasteiger partial charge on any atom is -0.229 e. The van der Waals surface area contributed by atoms with Gasteiger partial charge in [-0.05, 0) is 24.6 Å². The van der Waals surface area contributed by atoms with Crippen molar-refractivity contribution in [2.75, 3.05) is 18.6 Å². The Bertz CT molecular complexity index is 733. The second-order valence-corrected chi connectivity index (χ2v) is 9.28. The molecule has 1 atom stereocenters. The number of halogens is 2. The zero-order valence-electron chi connectivity index (χ0n) is 10.6. The summed E-state index contributed by atoms with van der Waals surface area (Å²) in [4.78, 5) is -0.545. The summed E-state index contributed by atoms with van der Waals surface area (Å²) >= 11 is 5.69. The van der Waals surface area contributed by atoms with E-state index in [-0.39, 0.29) is 22.9 Å². The van der Waals surface area contributed by atoms with Gasteiger partial charge in [0, 0.05) is 18.1 Å². The van der Waals surface area contributed by atoms with Crippen LogP contribution in [0.1, 0.15) is 6.42 Å². The minimum atomic E-state index is -4.12. The molecule has 112 valence electrons. The Labute approximate surface area is 122 Å². The first kappa shape index (κ1) is 15.7. The lowest BCUT2D eigenvalue weighted by Gasteiger charge is -2.23. The fourth-order valence-electron chi connectivity index (χ4n) is 2.09. The van der Waals surface area contributed by atoms with Crippen molar-refractivity contribution >= 4 is 31.5 Å². The van der Waals surface area contributed by atoms with E-state index in [4.69, 9.17) is 11.6 Å². The Kier molecular flexibility index (Phi) is 4.12. The summed E-state index contributed by atoms with van der Waals surface area (Å²) in [5, 5.41) is 0.0948. The highest BCUT2D eigenvalue weighted by Crippen LogP contribution is 2.26. The van der Waals surface area contributed by atoms with Gasteiger partial charge in [-0.1, -0.05) is 11.6 Å². The van der Waals surface area contributed by atoms with E-state index >= 15 is 0 Å². The maximum atomic E-state index is 13.7. The highest BCUT2D eigenvalue weighted by atomic mass is 35.5. The molecule has 1 saturated heterocycles. The topological polar surface area (TPSA) is 71.5 Å². The first-order valence-electron chi connectivity index (χ1n) is 5.77. The monoisotopic (exact) mass is 341 g/mol. The summed E-state index contributed by atoms with van der Waals surface area (Å²) in [6, 6.07) is 2.56. The van der Waals surface area contributed by atoms with E-state index < -0.39 is 36.6 Å². The van der Waals surface area contributed by atoms with Crippen molar-refractivity contribution in [3.63, 3.8) is 0 Å². The van der Waals surface area contributed by atoms with Crippen molar-refractivity contribution in [2.45, 2.75) is 17.4 Å². The van der Waals surface area contributed by atoms with Crippen LogP contribution in [0.2, 0.25) is 5.02 Å². The van der Waals surface area contributed by atoms with Gasteiger partial charge in [-0.15, -0.1) is 0 Å². The molecule has 1 fully saturated rings. The van der Waals surface area contributed by atoms with Crippen molar-refractivity contribution < 1.29 is 21.2 Å². The van der Waals surface area contributed by atoms with Crippen LogP contribution in [-0.2, 0) is 19.9 Å². The molecule has 2 rings (SSSR count). The molecular weight excluding hydrogens is 329 g/mol. The summed E-state index contributed by atoms with van der Waals surface area (Å²) in [6.07, 6.45) is 0.209. The summed E-state index contributed by atoms with van der Waals surface area (Å²) in [5.74, 6) is -1.22. The number of hydrogen-bond donors (Lipinski definition) is 0. The molecule has 1 heterocycles. The molecule has 0 spiro atoms. The predicted molar refractivity (Wildman–Crippen MR) is 73.4 cm³/mol. The highest BCUT2D eigenvalue weighted by Gasteiger charge is 2.37. The number of benzene rings is 1. The zero-order chi connectivity index (χ0) is 15.1. The van der Waals surface area contributed by atoms with Crippen LogP contribution < -0.4 is 0 Å². The molecule has 5 nitrogen and oxygen atoms in total. The molecule has 1 unspecified atom stereocenters. The summed E-state index contributed by atoms with van der Waals surface area (Å²) in [5.41, 5.74) is 0. The van der Waals surface area contributed by atoms with Crippen molar-refractivity contribution in [3.05, 3.63) is 29.0 Å². The van der Waals surface area contributed by atoms with Gasteiger partial charge in [0.05, 0.1) is 11.5 Å². The lowest BCUT2D eigenvalue weighted by Crippen LogP contribution is -2.38. The van der Waals surface area contributed by atoms with E-state index in [9.17, 15) is 21.2 Å². The zero-order valence-corrected chi connectivity index (χ0v) is 13.0. The maximum absolute atomic E-state index is 13.7. The van der Waals surface area contributed by atoms with Crippen LogP contribution in [0.15, 0.2) is 23.1 Å². The van der Waals surface area contributed by atoms with Crippen LogP contribution in [0.25, 0.3) is 0 Å². The molecule has 0 saturated carbocycles. The van der Waals surface area contributed by atoms with Crippen LogP contribution >= 0.6 is 11.6 Å². The largest absolute Gasteiger partial charge is 0.246 e. The molecule has 9 heteroatoms. The first-order chi connectivity index (χ1) is 9.13. The standard InChI is InChI=1S/C11H13ClFNO4S2/c1-14(9-4-5-19(15,16)7-9)20(17,18)11-6-8(12)2-3-10(11)13/h2-3,6,9H,4-5,7H2,1H3. The Morgan fingerprint density at radius 2 is 2.05 bits per heavy atom. The number of hydrogen-bond acceptors (Lipinski definition) is 4. The maximum Gasteiger partial charge on any atom is 0.246 e. The lowest BCUT2D eigenvalue weighted by atomic mass is 10.3. The number of rotatable bonds is 3. The second kappa shape index (κ2) is 5.25. The number of sulfone groups is 1. The fourth-order valence-corrected chi connectivity index (χ4v) is 5.67. The van der Waals surface area contributed by atoms with Crippen LogP contribution in [-0.4, -0.2) is 45.7 Å². The van der Waals surface area contributed by atoms with E-state index in [1.54, 1.807) is 0 Å². The second-order valence-electron chi connectivity index (χ2n) is 4.65. The van der Waals surface area contributed by atoms with Crippen molar-refractivity contribution in [3.8, 4) is 0 Å². The minimum absolute atomic E-state index is 0.0600. The van der Waals surface area contributed by atoms with Gasteiger partial charge in [0.15, 0.2) is 9.84 Å². The number of sulfonamides is 1. The molecule has 1 aromatic carbocycles. The molecule has 0 N–H and O–H groups in total. The third kappa shape index (κ3) is 2.98. The Balaban J connectivity index is 2.38. The van der Waals surface area contributed by atoms with Gasteiger partial charge < -0.3 is 0 Å². The van der Waals surface area contributed by atoms with Crippen LogP contribution in [0.5, 0.6) is 0 Å². The molecule has 20 heavy (non-hydrogen) atoms. The molecular formula is C11H13ClFNO4S2. The summed E-state index contributed by atoms with van der Waals surface area (Å²) in [7, 11) is -6.09. The fraction of sp³-hybridized carbons (Fsp3) is 0.455. The smallest absolute Gasteiger partial charge is 0.229 e. The molecule has 0 bridgehead atoms. The van der Waals surface area contributed by atoms with Gasteiger partial charge in [-0.2, -0.15) is 4.31 Å². The van der Waals surface area contributed by atoms with E-state index in [1.807, 2.05) is 0 Å². The van der Waals surface area contributed by atoms with Crippen molar-refractivity contribution in [1.82, 2.24) is 4.31 Å². The molecule has 1 aliphatic rings. The van der Waals surface area contributed by atoms with Crippen LogP contribution in [0, 0.1) is 5.82 Å². The van der Waals surface area contributed by atoms with E-state index in [0.717, 1.165) is 16.4 Å². The third-order valence-corrected chi connectivity index (χ3v) is 7.18. The normalized spacial score (nSPS) is 22.3. The van der Waals surface area contributed by atoms with Gasteiger partial charge in [0.2, 0.25) is 10.0 Å². The van der Waals surface area contributed by atoms with Crippen molar-refractivity contribution in [2.24, 2.45) is 0 Å². The Hall–Kier alpha value is -0.700. The SMILES string of the molecule is CN(C1CCS(=O)(=O)C1)S(=O)(=O)c1cc(Cl)ccc1F. The average molecular weight is 342 g/mol. The quantitative estimate of drug-likeness (QED) is 0.830. The van der Waals surface area contributed by atoms with E-state index in [0.29, 0.717) is 0 Å². The van der Waals surface area contributed by atoms with Crippen LogP contribution in [0.4, 0.5) is 4.39 Å². The van der Waals surface area contributed by atoms with E-state index in [2.05, 4.69) is 0 Å². The summed E-state index contributed by atoms with van der Waals surface area (Å²) in [6.45, 7) is 0. The number of nitrogens with zero attached hydrogens (tertiary/aromatic N) is 1. The molecule has 0 aromatic heterocycles. The molecule has 0 aliphatic carbocycles. The predicted octanol–water partition coefficient (Wildman–Crippen LogP) is 1.29. The first-order valence-corrected chi connectivity index (χ1v) is 9.41. The van der Waals surface area contributed by atoms with Gasteiger partial charge in [-0.25, -0.2) is 21.2 Å². The molecule has 1 aliphatic heterocycles. The lowest BCUT2D eigenvalue weighted by molar-refractivity contribution is 0.391. The van der Waals surface area contributed by atoms with Gasteiger partial charge in [0.25, 0.3) is 0 Å². The molecule has 1 aromatic rings. The highest BCUT2D eigenvalue weighted by molar-refractivity contribution is 7.92. The van der Waals surface area contributed by atoms with Crippen LogP contribution in [0.3, 0.4) is 0 Å². The molecule has 0 radical (unpaired) electrons. The average Bonchev–Trinajstić information content (AvgIpc) is 2.71. The third-order valence-electron chi connectivity index (χ3n) is 3.27. The Morgan fingerprint density at radius 3 is 2.60 bits per heavy atom. The van der Waals surface area contributed by atoms with Gasteiger partial charge >= 0.3 is 0 Å². The molecule has 0 amide bonds.